The third-order valence-electron chi connectivity index (χ3n) is 7.67. The number of halogens is 1. The highest BCUT2D eigenvalue weighted by Gasteiger charge is 2.29. The van der Waals surface area contributed by atoms with Gasteiger partial charge in [0.25, 0.3) is 5.56 Å². The van der Waals surface area contributed by atoms with Gasteiger partial charge in [0.1, 0.15) is 12.4 Å². The van der Waals surface area contributed by atoms with Crippen LogP contribution in [0.1, 0.15) is 22.3 Å². The largest absolute Gasteiger partial charge is 0.506 e. The molecular formula is C29H29FN6O4S. The fourth-order valence-corrected chi connectivity index (χ4v) is 6.38. The van der Waals surface area contributed by atoms with Gasteiger partial charge in [0.15, 0.2) is 0 Å². The number of nitrogen functional groups attached to an aromatic ring is 2. The van der Waals surface area contributed by atoms with E-state index in [0.717, 1.165) is 53.3 Å². The van der Waals surface area contributed by atoms with Crippen molar-refractivity contribution in [2.24, 2.45) is 0 Å². The van der Waals surface area contributed by atoms with E-state index in [9.17, 15) is 14.0 Å². The Bertz CT molecular complexity index is 1740. The van der Waals surface area contributed by atoms with Crippen molar-refractivity contribution in [3.8, 4) is 11.4 Å². The van der Waals surface area contributed by atoms with Crippen molar-refractivity contribution in [1.29, 1.82) is 0 Å². The fraction of sp³-hybridized carbons (Fsp3) is 0.276. The molecule has 12 heteroatoms. The molecule has 41 heavy (non-hydrogen) atoms. The number of benzene rings is 2. The Morgan fingerprint density at radius 1 is 1.10 bits per heavy atom. The molecule has 0 saturated carbocycles. The van der Waals surface area contributed by atoms with Crippen molar-refractivity contribution in [3.05, 3.63) is 80.9 Å². The monoisotopic (exact) mass is 576 g/mol. The molecule has 2 aromatic heterocycles. The standard InChI is InChI=1S/C29H29FN6O4S/c1-16-10-26-27-21(14-36(26)28(37)22(16)15-40-29(38)39)20(19-11-24(32)23(30)12-25(19)33-27)13-34-6-8-35(9-7-34)41-18-4-2-17(31)3-5-18/h2-5,10-12H,6-9,13-15,31-32H2,1H3,(H,38,39). The van der Waals surface area contributed by atoms with E-state index in [1.165, 1.54) is 6.07 Å². The second-order valence-electron chi connectivity index (χ2n) is 10.3. The van der Waals surface area contributed by atoms with E-state index < -0.39 is 12.0 Å². The summed E-state index contributed by atoms with van der Waals surface area (Å²) in [5.74, 6) is -0.544. The van der Waals surface area contributed by atoms with Gasteiger partial charge in [0, 0.05) is 60.3 Å². The Morgan fingerprint density at radius 2 is 1.83 bits per heavy atom. The number of aromatic nitrogens is 2. The molecule has 212 valence electrons. The number of pyridine rings is 2. The molecule has 4 heterocycles. The predicted molar refractivity (Wildman–Crippen MR) is 156 cm³/mol. The maximum atomic E-state index is 14.6. The quantitative estimate of drug-likeness (QED) is 0.154. The Hall–Kier alpha value is -4.13. The van der Waals surface area contributed by atoms with Gasteiger partial charge in [-0.25, -0.2) is 18.5 Å². The second kappa shape index (κ2) is 10.7. The summed E-state index contributed by atoms with van der Waals surface area (Å²) in [6.07, 6.45) is -1.45. The van der Waals surface area contributed by atoms with Gasteiger partial charge in [-0.2, -0.15) is 0 Å². The van der Waals surface area contributed by atoms with Gasteiger partial charge in [-0.15, -0.1) is 0 Å². The number of rotatable bonds is 6. The van der Waals surface area contributed by atoms with E-state index in [4.69, 9.17) is 26.3 Å². The van der Waals surface area contributed by atoms with E-state index in [2.05, 4.69) is 9.21 Å². The van der Waals surface area contributed by atoms with Crippen LogP contribution < -0.4 is 17.0 Å². The zero-order chi connectivity index (χ0) is 28.8. The normalized spacial score (nSPS) is 15.2. The van der Waals surface area contributed by atoms with Crippen LogP contribution in [0.25, 0.3) is 22.3 Å². The molecule has 10 nitrogen and oxygen atoms in total. The lowest BCUT2D eigenvalue weighted by molar-refractivity contribution is 0.0848. The molecule has 1 fully saturated rings. The van der Waals surface area contributed by atoms with Crippen LogP contribution in [0.2, 0.25) is 0 Å². The third-order valence-corrected chi connectivity index (χ3v) is 8.78. The first kappa shape index (κ1) is 27.1. The minimum atomic E-state index is -1.45. The van der Waals surface area contributed by atoms with Crippen molar-refractivity contribution in [1.82, 2.24) is 18.8 Å². The zero-order valence-corrected chi connectivity index (χ0v) is 23.2. The zero-order valence-electron chi connectivity index (χ0n) is 22.4. The molecule has 0 amide bonds. The van der Waals surface area contributed by atoms with Crippen LogP contribution in [0.5, 0.6) is 0 Å². The van der Waals surface area contributed by atoms with Crippen LogP contribution in [-0.4, -0.2) is 56.2 Å². The van der Waals surface area contributed by atoms with E-state index >= 15 is 0 Å². The minimum absolute atomic E-state index is 0.0434. The Kier molecular flexibility index (Phi) is 7.06. The van der Waals surface area contributed by atoms with E-state index in [1.807, 2.05) is 30.3 Å². The summed E-state index contributed by atoms with van der Waals surface area (Å²) in [5, 5.41) is 9.70. The van der Waals surface area contributed by atoms with E-state index in [0.29, 0.717) is 29.0 Å². The molecule has 0 spiro atoms. The lowest BCUT2D eigenvalue weighted by Gasteiger charge is -2.34. The molecule has 0 bridgehead atoms. The summed E-state index contributed by atoms with van der Waals surface area (Å²) in [7, 11) is 0. The maximum absolute atomic E-state index is 14.6. The Labute approximate surface area is 239 Å². The molecule has 0 atom stereocenters. The highest BCUT2D eigenvalue weighted by Crippen LogP contribution is 2.38. The first-order valence-electron chi connectivity index (χ1n) is 13.2. The number of nitrogens with zero attached hydrogens (tertiary/aromatic N) is 4. The average molecular weight is 577 g/mol. The maximum Gasteiger partial charge on any atom is 0.506 e. The molecule has 6 rings (SSSR count). The van der Waals surface area contributed by atoms with Crippen LogP contribution in [-0.2, 0) is 24.4 Å². The number of carboxylic acid groups (broad SMARTS) is 1. The minimum Gasteiger partial charge on any atom is -0.450 e. The molecule has 2 aliphatic rings. The number of nitrogens with two attached hydrogens (primary N) is 2. The molecule has 0 radical (unpaired) electrons. The lowest BCUT2D eigenvalue weighted by Crippen LogP contribution is -2.43. The third kappa shape index (κ3) is 5.21. The van der Waals surface area contributed by atoms with Crippen LogP contribution in [0.4, 0.5) is 20.6 Å². The topological polar surface area (TPSA) is 140 Å². The van der Waals surface area contributed by atoms with Crippen molar-refractivity contribution in [2.75, 3.05) is 37.6 Å². The second-order valence-corrected chi connectivity index (χ2v) is 11.5. The van der Waals surface area contributed by atoms with Crippen molar-refractivity contribution in [3.63, 3.8) is 0 Å². The number of hydrogen-bond acceptors (Lipinski definition) is 9. The molecule has 2 aromatic carbocycles. The number of hydrogen-bond donors (Lipinski definition) is 3. The number of aryl methyl sites for hydroxylation is 1. The summed E-state index contributed by atoms with van der Waals surface area (Å²) in [6, 6.07) is 12.6. The molecule has 2 aliphatic heterocycles. The summed E-state index contributed by atoms with van der Waals surface area (Å²) in [5.41, 5.74) is 16.7. The van der Waals surface area contributed by atoms with Crippen LogP contribution >= 0.6 is 11.9 Å². The number of piperazine rings is 1. The van der Waals surface area contributed by atoms with Gasteiger partial charge in [0.2, 0.25) is 0 Å². The van der Waals surface area contributed by atoms with Crippen LogP contribution in [0.15, 0.2) is 52.2 Å². The SMILES string of the molecule is Cc1cc2n(c(=O)c1COC(=O)O)Cc1c-2nc2cc(F)c(N)cc2c1CN1CCN(Sc2ccc(N)cc2)CC1. The summed E-state index contributed by atoms with van der Waals surface area (Å²) in [6.45, 7) is 5.60. The lowest BCUT2D eigenvalue weighted by atomic mass is 9.99. The summed E-state index contributed by atoms with van der Waals surface area (Å²) < 4.78 is 23.2. The number of ether oxygens (including phenoxy) is 1. The Balaban J connectivity index is 1.32. The summed E-state index contributed by atoms with van der Waals surface area (Å²) in [4.78, 5) is 32.6. The van der Waals surface area contributed by atoms with E-state index in [1.54, 1.807) is 29.5 Å². The molecule has 0 unspecified atom stereocenters. The molecular weight excluding hydrogens is 547 g/mol. The smallest absolute Gasteiger partial charge is 0.450 e. The molecule has 0 aliphatic carbocycles. The Morgan fingerprint density at radius 3 is 2.54 bits per heavy atom. The highest BCUT2D eigenvalue weighted by atomic mass is 32.2. The fourth-order valence-electron chi connectivity index (χ4n) is 5.48. The van der Waals surface area contributed by atoms with Crippen molar-refractivity contribution < 1.29 is 19.0 Å². The predicted octanol–water partition coefficient (Wildman–Crippen LogP) is 4.06. The van der Waals surface area contributed by atoms with Gasteiger partial charge in [-0.05, 0) is 66.4 Å². The molecule has 5 N–H and O–H groups in total. The van der Waals surface area contributed by atoms with Gasteiger partial charge in [0.05, 0.1) is 34.7 Å². The molecule has 4 aromatic rings. The molecule has 1 saturated heterocycles. The number of fused-ring (bicyclic) bond motifs is 4. The average Bonchev–Trinajstić information content (AvgIpc) is 3.30. The van der Waals surface area contributed by atoms with Gasteiger partial charge >= 0.3 is 6.16 Å². The highest BCUT2D eigenvalue weighted by molar-refractivity contribution is 7.97. The van der Waals surface area contributed by atoms with Crippen LogP contribution in [0.3, 0.4) is 0 Å². The number of anilines is 2. The first-order chi connectivity index (χ1) is 19.7. The van der Waals surface area contributed by atoms with Gasteiger partial charge < -0.3 is 25.9 Å². The van der Waals surface area contributed by atoms with Crippen molar-refractivity contribution in [2.45, 2.75) is 31.5 Å². The number of carbonyl (C=O) groups is 1. The van der Waals surface area contributed by atoms with Crippen molar-refractivity contribution >= 4 is 40.4 Å². The summed E-state index contributed by atoms with van der Waals surface area (Å²) >= 11 is 1.71. The van der Waals surface area contributed by atoms with Crippen LogP contribution in [0, 0.1) is 12.7 Å². The van der Waals surface area contributed by atoms with Gasteiger partial charge in [-0.1, -0.05) is 0 Å². The van der Waals surface area contributed by atoms with E-state index in [-0.39, 0.29) is 30.0 Å². The first-order valence-corrected chi connectivity index (χ1v) is 14.0. The van der Waals surface area contributed by atoms with Gasteiger partial charge in [-0.3, -0.25) is 9.69 Å².